The Balaban J connectivity index is 1.98. The Morgan fingerprint density at radius 3 is 3.11 bits per heavy atom. The van der Waals surface area contributed by atoms with Gasteiger partial charge in [0.15, 0.2) is 0 Å². The molecule has 2 rings (SSSR count). The molecular weight excluding hydrogens is 244 g/mol. The monoisotopic (exact) mass is 264 g/mol. The Hall–Kier alpha value is -0.860. The van der Waals surface area contributed by atoms with Gasteiger partial charge in [0.1, 0.15) is 0 Å². The van der Waals surface area contributed by atoms with Gasteiger partial charge in [-0.15, -0.1) is 11.3 Å². The van der Waals surface area contributed by atoms with E-state index in [0.29, 0.717) is 18.7 Å². The number of thiophene rings is 1. The van der Waals surface area contributed by atoms with E-state index >= 15 is 0 Å². The van der Waals surface area contributed by atoms with E-state index in [9.17, 15) is 0 Å². The Morgan fingerprint density at radius 2 is 2.33 bits per heavy atom. The van der Waals surface area contributed by atoms with Gasteiger partial charge in [-0.25, -0.2) is 0 Å². The Morgan fingerprint density at radius 1 is 1.50 bits per heavy atom. The van der Waals surface area contributed by atoms with Crippen molar-refractivity contribution in [2.45, 2.75) is 32.5 Å². The lowest BCUT2D eigenvalue weighted by atomic mass is 10.2. The summed E-state index contributed by atoms with van der Waals surface area (Å²) in [7, 11) is 0. The molecule has 2 atom stereocenters. The van der Waals surface area contributed by atoms with Crippen molar-refractivity contribution < 1.29 is 4.74 Å². The van der Waals surface area contributed by atoms with Crippen molar-refractivity contribution in [3.8, 4) is 11.8 Å². The zero-order chi connectivity index (χ0) is 13.0. The molecule has 0 aromatic carbocycles. The van der Waals surface area contributed by atoms with Gasteiger partial charge in [0.25, 0.3) is 0 Å². The van der Waals surface area contributed by atoms with Crippen molar-refractivity contribution in [2.75, 3.05) is 19.7 Å². The van der Waals surface area contributed by atoms with Crippen molar-refractivity contribution in [3.63, 3.8) is 0 Å². The smallest absolute Gasteiger partial charge is 0.0772 e. The molecule has 1 fully saturated rings. The third-order valence-electron chi connectivity index (χ3n) is 3.07. The average molecular weight is 264 g/mol. The summed E-state index contributed by atoms with van der Waals surface area (Å²) in [6.45, 7) is 7.59. The number of ether oxygens (including phenoxy) is 1. The lowest BCUT2D eigenvalue weighted by Crippen LogP contribution is -2.46. The van der Waals surface area contributed by atoms with Gasteiger partial charge in [-0.05, 0) is 26.0 Å². The van der Waals surface area contributed by atoms with Crippen molar-refractivity contribution >= 4 is 11.3 Å². The van der Waals surface area contributed by atoms with Gasteiger partial charge in [0.2, 0.25) is 0 Å². The second-order valence-corrected chi connectivity index (χ2v) is 5.86. The lowest BCUT2D eigenvalue weighted by Gasteiger charge is -2.36. The van der Waals surface area contributed by atoms with Crippen LogP contribution in [0.4, 0.5) is 0 Å². The van der Waals surface area contributed by atoms with E-state index in [-0.39, 0.29) is 0 Å². The fourth-order valence-electron chi connectivity index (χ4n) is 2.06. The highest BCUT2D eigenvalue weighted by atomic mass is 32.1. The molecule has 3 nitrogen and oxygen atoms in total. The molecule has 2 unspecified atom stereocenters. The van der Waals surface area contributed by atoms with Crippen LogP contribution < -0.4 is 5.73 Å². The number of morpholine rings is 1. The van der Waals surface area contributed by atoms with Crippen molar-refractivity contribution in [3.05, 3.63) is 21.9 Å². The molecule has 1 aromatic heterocycles. The van der Waals surface area contributed by atoms with Gasteiger partial charge in [0.05, 0.1) is 24.1 Å². The van der Waals surface area contributed by atoms with Gasteiger partial charge in [-0.3, -0.25) is 4.90 Å². The van der Waals surface area contributed by atoms with Crippen LogP contribution >= 0.6 is 11.3 Å². The molecule has 18 heavy (non-hydrogen) atoms. The van der Waals surface area contributed by atoms with Crippen molar-refractivity contribution in [1.29, 1.82) is 0 Å². The highest BCUT2D eigenvalue weighted by Gasteiger charge is 2.23. The van der Waals surface area contributed by atoms with Crippen LogP contribution in [-0.2, 0) is 11.3 Å². The predicted octanol–water partition coefficient (Wildman–Crippen LogP) is 1.67. The minimum Gasteiger partial charge on any atom is -0.376 e. The zero-order valence-corrected chi connectivity index (χ0v) is 11.8. The Bertz CT molecular complexity index is 446. The first-order valence-corrected chi connectivity index (χ1v) is 7.14. The third kappa shape index (κ3) is 3.56. The average Bonchev–Trinajstić information content (AvgIpc) is 2.79. The quantitative estimate of drug-likeness (QED) is 0.826. The van der Waals surface area contributed by atoms with E-state index in [2.05, 4.69) is 42.7 Å². The molecule has 2 N–H and O–H groups in total. The number of hydrogen-bond acceptors (Lipinski definition) is 4. The molecule has 0 amide bonds. The van der Waals surface area contributed by atoms with Crippen LogP contribution in [-0.4, -0.2) is 36.7 Å². The van der Waals surface area contributed by atoms with Gasteiger partial charge in [-0.1, -0.05) is 11.8 Å². The maximum absolute atomic E-state index is 5.64. The first-order valence-electron chi connectivity index (χ1n) is 6.32. The summed E-state index contributed by atoms with van der Waals surface area (Å²) >= 11 is 1.76. The molecule has 0 aliphatic carbocycles. The molecular formula is C14H20N2OS. The van der Waals surface area contributed by atoms with E-state index in [1.165, 1.54) is 4.88 Å². The van der Waals surface area contributed by atoms with Crippen LogP contribution in [0.2, 0.25) is 0 Å². The van der Waals surface area contributed by atoms with Crippen LogP contribution in [0.5, 0.6) is 0 Å². The van der Waals surface area contributed by atoms with E-state index in [1.54, 1.807) is 11.3 Å². The highest BCUT2D eigenvalue weighted by Crippen LogP contribution is 2.21. The van der Waals surface area contributed by atoms with Crippen LogP contribution in [0, 0.1) is 11.8 Å². The maximum atomic E-state index is 5.64. The van der Waals surface area contributed by atoms with Crippen molar-refractivity contribution in [2.24, 2.45) is 5.73 Å². The number of nitrogens with two attached hydrogens (primary N) is 1. The van der Waals surface area contributed by atoms with E-state index in [4.69, 9.17) is 10.5 Å². The fourth-order valence-corrected chi connectivity index (χ4v) is 2.97. The molecule has 1 saturated heterocycles. The number of rotatable bonds is 2. The molecule has 4 heteroatoms. The minimum absolute atomic E-state index is 0.331. The normalized spacial score (nSPS) is 24.6. The van der Waals surface area contributed by atoms with Gasteiger partial charge >= 0.3 is 0 Å². The second kappa shape index (κ2) is 6.35. The third-order valence-corrected chi connectivity index (χ3v) is 4.06. The van der Waals surface area contributed by atoms with Gasteiger partial charge in [0, 0.05) is 24.0 Å². The van der Waals surface area contributed by atoms with Gasteiger partial charge < -0.3 is 10.5 Å². The summed E-state index contributed by atoms with van der Waals surface area (Å²) in [4.78, 5) is 4.93. The summed E-state index contributed by atoms with van der Waals surface area (Å²) in [6.07, 6.45) is 0.331. The summed E-state index contributed by atoms with van der Waals surface area (Å²) in [5.41, 5.74) is 5.37. The molecule has 1 aliphatic rings. The van der Waals surface area contributed by atoms with E-state index in [1.807, 2.05) is 0 Å². The lowest BCUT2D eigenvalue weighted by molar-refractivity contribution is -0.0523. The standard InChI is InChI=1S/C14H20N2OS/c1-11-10-17-12(2)8-16(11)9-14-6-5-13(18-14)4-3-7-15/h5-6,11-12H,7-10,15H2,1-2H3. The molecule has 0 spiro atoms. The predicted molar refractivity (Wildman–Crippen MR) is 75.5 cm³/mol. The SMILES string of the molecule is CC1CN(Cc2ccc(C#CCN)s2)C(C)CO1. The molecule has 0 radical (unpaired) electrons. The summed E-state index contributed by atoms with van der Waals surface area (Å²) < 4.78 is 5.64. The van der Waals surface area contributed by atoms with E-state index < -0.39 is 0 Å². The summed E-state index contributed by atoms with van der Waals surface area (Å²) in [6, 6.07) is 4.73. The Labute approximate surface area is 113 Å². The number of nitrogens with zero attached hydrogens (tertiary/aromatic N) is 1. The Kier molecular flexibility index (Phi) is 4.79. The highest BCUT2D eigenvalue weighted by molar-refractivity contribution is 7.12. The van der Waals surface area contributed by atoms with Crippen molar-refractivity contribution in [1.82, 2.24) is 4.90 Å². The maximum Gasteiger partial charge on any atom is 0.0772 e. The summed E-state index contributed by atoms with van der Waals surface area (Å²) in [5, 5.41) is 0. The topological polar surface area (TPSA) is 38.5 Å². The van der Waals surface area contributed by atoms with E-state index in [0.717, 1.165) is 24.6 Å². The summed E-state index contributed by atoms with van der Waals surface area (Å²) in [5.74, 6) is 5.97. The first-order chi connectivity index (χ1) is 8.69. The molecule has 0 saturated carbocycles. The molecule has 1 aromatic rings. The first kappa shape index (κ1) is 13.6. The largest absolute Gasteiger partial charge is 0.376 e. The molecule has 2 heterocycles. The van der Waals surface area contributed by atoms with Crippen LogP contribution in [0.1, 0.15) is 23.6 Å². The van der Waals surface area contributed by atoms with Crippen LogP contribution in [0.3, 0.4) is 0 Å². The van der Waals surface area contributed by atoms with Crippen LogP contribution in [0.15, 0.2) is 12.1 Å². The minimum atomic E-state index is 0.331. The second-order valence-electron chi connectivity index (χ2n) is 4.69. The zero-order valence-electron chi connectivity index (χ0n) is 11.0. The molecule has 1 aliphatic heterocycles. The van der Waals surface area contributed by atoms with Crippen LogP contribution in [0.25, 0.3) is 0 Å². The number of hydrogen-bond donors (Lipinski definition) is 1. The molecule has 0 bridgehead atoms. The fraction of sp³-hybridized carbons (Fsp3) is 0.571. The van der Waals surface area contributed by atoms with Gasteiger partial charge in [-0.2, -0.15) is 0 Å². The molecule has 98 valence electrons.